The summed E-state index contributed by atoms with van der Waals surface area (Å²) in [5.74, 6) is 0.853. The van der Waals surface area contributed by atoms with Crippen LogP contribution in [-0.4, -0.2) is 84.8 Å². The number of carbonyl (C=O) groups excluding carboxylic acids is 1. The fraction of sp³-hybridized carbons (Fsp3) is 0.394. The van der Waals surface area contributed by atoms with Crippen LogP contribution in [0.2, 0.25) is 0 Å². The molecule has 2 aliphatic heterocycles. The molecule has 1 atom stereocenters. The monoisotopic (exact) mass is 658 g/mol. The fourth-order valence-electron chi connectivity index (χ4n) is 5.94. The Bertz CT molecular complexity index is 1790. The zero-order chi connectivity index (χ0) is 32.8. The van der Waals surface area contributed by atoms with Gasteiger partial charge in [0.05, 0.1) is 28.3 Å². The Hall–Kier alpha value is -4.66. The maximum absolute atomic E-state index is 13.4. The number of nitrogens with two attached hydrogens (primary N) is 3. The highest BCUT2D eigenvalue weighted by Crippen LogP contribution is 2.38. The van der Waals surface area contributed by atoms with Crippen molar-refractivity contribution in [3.63, 3.8) is 0 Å². The molecule has 4 heterocycles. The van der Waals surface area contributed by atoms with Crippen LogP contribution >= 0.6 is 11.3 Å². The molecule has 248 valence electrons. The molecule has 0 spiro atoms. The molecule has 2 aromatic carbocycles. The van der Waals surface area contributed by atoms with E-state index >= 15 is 0 Å². The SMILES string of the molecule is NCCCCNCCCN=C(N)N1CC[C@@H](NC(=O)c2cc3c(nc(N)c(=O)n3-c3ccc4c(c3)N(c3ccccc3)CCO4)s2)C1. The number of nitrogens with zero attached hydrogens (tertiary/aromatic N) is 5. The minimum Gasteiger partial charge on any atom is -0.490 e. The van der Waals surface area contributed by atoms with Gasteiger partial charge in [0.2, 0.25) is 0 Å². The van der Waals surface area contributed by atoms with Crippen LogP contribution in [-0.2, 0) is 0 Å². The van der Waals surface area contributed by atoms with Gasteiger partial charge in [-0.15, -0.1) is 11.3 Å². The quantitative estimate of drug-likeness (QED) is 0.0861. The van der Waals surface area contributed by atoms with Gasteiger partial charge >= 0.3 is 0 Å². The van der Waals surface area contributed by atoms with Gasteiger partial charge in [-0.2, -0.15) is 0 Å². The van der Waals surface area contributed by atoms with Crippen molar-refractivity contribution in [3.8, 4) is 11.4 Å². The van der Waals surface area contributed by atoms with Crippen LogP contribution < -0.4 is 43.0 Å². The van der Waals surface area contributed by atoms with E-state index in [1.165, 1.54) is 15.9 Å². The Labute approximate surface area is 277 Å². The van der Waals surface area contributed by atoms with E-state index in [2.05, 4.69) is 25.5 Å². The second kappa shape index (κ2) is 14.8. The third-order valence-electron chi connectivity index (χ3n) is 8.37. The number of guanidine groups is 1. The zero-order valence-corrected chi connectivity index (χ0v) is 27.2. The van der Waals surface area contributed by atoms with E-state index in [0.29, 0.717) is 59.7 Å². The molecule has 2 aliphatic rings. The first-order chi connectivity index (χ1) is 22.9. The highest BCUT2D eigenvalue weighted by Gasteiger charge is 2.27. The Balaban J connectivity index is 1.15. The number of benzene rings is 2. The van der Waals surface area contributed by atoms with Crippen LogP contribution in [0.1, 0.15) is 35.4 Å². The standard InChI is InChI=1S/C33H42N10O3S/c34-12-4-5-13-37-14-6-15-38-33(36)41-16-11-22(21-41)39-30(44)28-20-26-31(47-28)40-29(35)32(45)43(26)24-9-10-27-25(19-24)42(17-18-46-27)23-7-2-1-3-8-23/h1-3,7-10,19-20,22,37H,4-6,11-18,21,34H2,(H2,35,40)(H2,36,38)(H,39,44)/t22-/m1/s1. The van der Waals surface area contributed by atoms with E-state index in [1.54, 1.807) is 6.07 Å². The molecule has 4 aromatic rings. The lowest BCUT2D eigenvalue weighted by molar-refractivity contribution is 0.0943. The lowest BCUT2D eigenvalue weighted by atomic mass is 10.1. The first-order valence-electron chi connectivity index (χ1n) is 16.1. The van der Waals surface area contributed by atoms with Gasteiger partial charge in [-0.25, -0.2) is 4.98 Å². The smallest absolute Gasteiger partial charge is 0.298 e. The number of ether oxygens (including phenoxy) is 1. The van der Waals surface area contributed by atoms with Gasteiger partial charge in [-0.05, 0) is 81.7 Å². The average molecular weight is 659 g/mol. The molecule has 1 saturated heterocycles. The van der Waals surface area contributed by atoms with Crippen LogP contribution in [0.4, 0.5) is 17.2 Å². The predicted octanol–water partition coefficient (Wildman–Crippen LogP) is 2.40. The van der Waals surface area contributed by atoms with Gasteiger partial charge in [0.25, 0.3) is 11.5 Å². The van der Waals surface area contributed by atoms with E-state index < -0.39 is 5.56 Å². The zero-order valence-electron chi connectivity index (χ0n) is 26.4. The minimum absolute atomic E-state index is 0.0875. The number of carbonyl (C=O) groups is 1. The van der Waals surface area contributed by atoms with Crippen LogP contribution in [0.25, 0.3) is 16.0 Å². The molecule has 6 rings (SSSR count). The number of hydrogen-bond acceptors (Lipinski definition) is 10. The van der Waals surface area contributed by atoms with E-state index in [1.807, 2.05) is 53.4 Å². The third-order valence-corrected chi connectivity index (χ3v) is 9.39. The van der Waals surface area contributed by atoms with Crippen LogP contribution in [0.15, 0.2) is 64.4 Å². The van der Waals surface area contributed by atoms with E-state index in [9.17, 15) is 9.59 Å². The number of likely N-dealkylation sites (tertiary alicyclic amines) is 1. The number of aromatic nitrogens is 2. The number of fused-ring (bicyclic) bond motifs is 2. The number of nitrogens with one attached hydrogen (secondary N) is 2. The van der Waals surface area contributed by atoms with E-state index in [4.69, 9.17) is 21.9 Å². The van der Waals surface area contributed by atoms with Crippen LogP contribution in [0.5, 0.6) is 5.75 Å². The highest BCUT2D eigenvalue weighted by molar-refractivity contribution is 7.20. The van der Waals surface area contributed by atoms with Crippen molar-refractivity contribution in [2.24, 2.45) is 16.5 Å². The van der Waals surface area contributed by atoms with Crippen molar-refractivity contribution >= 4 is 50.7 Å². The molecule has 1 amide bonds. The Kier molecular flexibility index (Phi) is 10.2. The number of nitrogen functional groups attached to an aromatic ring is 1. The summed E-state index contributed by atoms with van der Waals surface area (Å²) in [7, 11) is 0. The molecule has 14 heteroatoms. The Morgan fingerprint density at radius 1 is 1.06 bits per heavy atom. The van der Waals surface area contributed by atoms with Crippen molar-refractivity contribution in [2.75, 3.05) is 63.1 Å². The fourth-order valence-corrected chi connectivity index (χ4v) is 6.87. The molecular formula is C33H42N10O3S. The van der Waals surface area contributed by atoms with Crippen molar-refractivity contribution in [1.29, 1.82) is 0 Å². The minimum atomic E-state index is -0.450. The maximum Gasteiger partial charge on any atom is 0.298 e. The second-order valence-corrected chi connectivity index (χ2v) is 12.7. The van der Waals surface area contributed by atoms with E-state index in [0.717, 1.165) is 62.4 Å². The molecule has 1 fully saturated rings. The average Bonchev–Trinajstić information content (AvgIpc) is 3.74. The molecule has 0 saturated carbocycles. The number of rotatable bonds is 12. The summed E-state index contributed by atoms with van der Waals surface area (Å²) in [5, 5.41) is 6.52. The number of unbranched alkanes of at least 4 members (excludes halogenated alkanes) is 1. The molecule has 0 unspecified atom stereocenters. The summed E-state index contributed by atoms with van der Waals surface area (Å²) in [5.41, 5.74) is 20.4. The summed E-state index contributed by atoms with van der Waals surface area (Å²) in [6, 6.07) is 17.2. The summed E-state index contributed by atoms with van der Waals surface area (Å²) in [6.45, 7) is 5.71. The lowest BCUT2D eigenvalue weighted by Crippen LogP contribution is -2.40. The summed E-state index contributed by atoms with van der Waals surface area (Å²) in [4.78, 5) is 40.8. The van der Waals surface area contributed by atoms with Gasteiger partial charge in [-0.1, -0.05) is 18.2 Å². The number of aliphatic imine (C=N–C) groups is 1. The molecule has 0 radical (unpaired) electrons. The molecule has 8 N–H and O–H groups in total. The maximum atomic E-state index is 13.4. The summed E-state index contributed by atoms with van der Waals surface area (Å²) >= 11 is 1.20. The van der Waals surface area contributed by atoms with Gasteiger partial charge < -0.3 is 42.4 Å². The number of amides is 1. The topological polar surface area (TPSA) is 182 Å². The largest absolute Gasteiger partial charge is 0.490 e. The van der Waals surface area contributed by atoms with Crippen molar-refractivity contribution in [1.82, 2.24) is 25.1 Å². The number of para-hydroxylation sites is 1. The van der Waals surface area contributed by atoms with Crippen LogP contribution in [0, 0.1) is 0 Å². The van der Waals surface area contributed by atoms with Gasteiger partial charge in [0, 0.05) is 31.4 Å². The first kappa shape index (κ1) is 32.3. The Morgan fingerprint density at radius 2 is 1.89 bits per heavy atom. The molecule has 13 nitrogen and oxygen atoms in total. The number of thiophene rings is 1. The second-order valence-electron chi connectivity index (χ2n) is 11.7. The first-order valence-corrected chi connectivity index (χ1v) is 16.9. The Morgan fingerprint density at radius 3 is 2.72 bits per heavy atom. The summed E-state index contributed by atoms with van der Waals surface area (Å²) < 4.78 is 7.45. The van der Waals surface area contributed by atoms with E-state index in [-0.39, 0.29) is 17.8 Å². The van der Waals surface area contributed by atoms with Crippen LogP contribution in [0.3, 0.4) is 0 Å². The number of hydrogen-bond donors (Lipinski definition) is 5. The molecular weight excluding hydrogens is 616 g/mol. The third kappa shape index (κ3) is 7.34. The molecule has 0 aliphatic carbocycles. The normalized spacial score (nSPS) is 16.4. The number of anilines is 3. The van der Waals surface area contributed by atoms with Gasteiger partial charge in [0.15, 0.2) is 11.8 Å². The molecule has 47 heavy (non-hydrogen) atoms. The predicted molar refractivity (Wildman–Crippen MR) is 188 cm³/mol. The van der Waals surface area contributed by atoms with Gasteiger partial charge in [0.1, 0.15) is 17.2 Å². The lowest BCUT2D eigenvalue weighted by Gasteiger charge is -2.31. The van der Waals surface area contributed by atoms with Gasteiger partial charge in [-0.3, -0.25) is 19.1 Å². The van der Waals surface area contributed by atoms with Crippen molar-refractivity contribution in [3.05, 3.63) is 69.8 Å². The molecule has 0 bridgehead atoms. The summed E-state index contributed by atoms with van der Waals surface area (Å²) in [6.07, 6.45) is 3.76. The highest BCUT2D eigenvalue weighted by atomic mass is 32.1. The van der Waals surface area contributed by atoms with Crippen molar-refractivity contribution in [2.45, 2.75) is 31.7 Å². The van der Waals surface area contributed by atoms with Crippen molar-refractivity contribution < 1.29 is 9.53 Å². The molecule has 2 aromatic heterocycles.